The van der Waals surface area contributed by atoms with Crippen LogP contribution in [0.1, 0.15) is 25.7 Å². The lowest BCUT2D eigenvalue weighted by atomic mass is 9.92. The first kappa shape index (κ1) is 13.7. The van der Waals surface area contributed by atoms with Gasteiger partial charge in [0.25, 0.3) is 0 Å². The van der Waals surface area contributed by atoms with E-state index in [0.717, 1.165) is 25.8 Å². The zero-order chi connectivity index (χ0) is 13.3. The number of alkyl halides is 1. The minimum Gasteiger partial charge on any atom is -0.502 e. The van der Waals surface area contributed by atoms with Gasteiger partial charge in [0.05, 0.1) is 36.3 Å². The van der Waals surface area contributed by atoms with E-state index >= 15 is 0 Å². The van der Waals surface area contributed by atoms with Crippen LogP contribution in [-0.2, 0) is 9.53 Å². The molecule has 1 N–H and O–H groups in total. The Morgan fingerprint density at radius 1 is 1.67 bits per heavy atom. The normalized spacial score (nSPS) is 33.2. The van der Waals surface area contributed by atoms with E-state index < -0.39 is 17.4 Å². The smallest absolute Gasteiger partial charge is 0.230 e. The maximum atomic E-state index is 12.3. The van der Waals surface area contributed by atoms with Crippen LogP contribution in [0, 0.1) is 5.92 Å². The molecule has 0 aromatic rings. The van der Waals surface area contributed by atoms with Gasteiger partial charge in [-0.2, -0.15) is 0 Å². The predicted molar refractivity (Wildman–Crippen MR) is 69.3 cm³/mol. The Balaban J connectivity index is 2.08. The largest absolute Gasteiger partial charge is 0.502 e. The number of carbonyl (C=O) groups excluding carboxylic acids is 1. The molecule has 0 spiro atoms. The van der Waals surface area contributed by atoms with Crippen molar-refractivity contribution in [1.29, 1.82) is 0 Å². The molecule has 0 bridgehead atoms. The van der Waals surface area contributed by atoms with Crippen LogP contribution in [0.2, 0.25) is 0 Å². The van der Waals surface area contributed by atoms with Crippen LogP contribution in [0.4, 0.5) is 0 Å². The molecule has 0 aromatic heterocycles. The van der Waals surface area contributed by atoms with E-state index in [1.54, 1.807) is 4.90 Å². The summed E-state index contributed by atoms with van der Waals surface area (Å²) in [7, 11) is 1.53. The Hall–Kier alpha value is -0.740. The molecule has 0 radical (unpaired) electrons. The van der Waals surface area contributed by atoms with Crippen molar-refractivity contribution in [2.24, 2.45) is 5.92 Å². The molecule has 0 saturated carbocycles. The summed E-state index contributed by atoms with van der Waals surface area (Å²) in [6, 6.07) is -0.0479. The fraction of sp³-hybridized carbons (Fsp3) is 0.769. The van der Waals surface area contributed by atoms with E-state index in [-0.39, 0.29) is 11.9 Å². The summed E-state index contributed by atoms with van der Waals surface area (Å²) in [5.74, 6) is -0.00218. The molecule has 0 aromatic carbocycles. The summed E-state index contributed by atoms with van der Waals surface area (Å²) in [6.45, 7) is 4.45. The molecule has 4 unspecified atom stereocenters. The molecule has 2 aliphatic rings. The lowest BCUT2D eigenvalue weighted by Gasteiger charge is -2.30. The van der Waals surface area contributed by atoms with Crippen LogP contribution in [0.3, 0.4) is 0 Å². The number of rotatable bonds is 4. The second kappa shape index (κ2) is 5.49. The zero-order valence-corrected chi connectivity index (χ0v) is 11.4. The number of nitrogens with zero attached hydrogens (tertiary/aromatic N) is 1. The molecule has 2 aliphatic heterocycles. The number of halogens is 1. The summed E-state index contributed by atoms with van der Waals surface area (Å²) < 4.78 is 4.98. The van der Waals surface area contributed by atoms with Crippen LogP contribution in [0.15, 0.2) is 12.3 Å². The van der Waals surface area contributed by atoms with E-state index in [2.05, 4.69) is 6.58 Å². The molecule has 2 heterocycles. The van der Waals surface area contributed by atoms with Crippen LogP contribution >= 0.6 is 11.6 Å². The number of aliphatic hydroxyl groups is 1. The van der Waals surface area contributed by atoms with Gasteiger partial charge in [-0.1, -0.05) is 6.58 Å². The van der Waals surface area contributed by atoms with E-state index in [4.69, 9.17) is 16.3 Å². The van der Waals surface area contributed by atoms with Crippen molar-refractivity contribution in [3.63, 3.8) is 0 Å². The quantitative estimate of drug-likeness (QED) is 0.624. The number of aliphatic hydroxyl groups excluding tert-OH is 1. The van der Waals surface area contributed by atoms with Gasteiger partial charge in [0.2, 0.25) is 5.91 Å². The fourth-order valence-electron chi connectivity index (χ4n) is 2.96. The van der Waals surface area contributed by atoms with Gasteiger partial charge in [-0.05, 0) is 19.3 Å². The lowest BCUT2D eigenvalue weighted by Crippen LogP contribution is -2.40. The molecule has 2 fully saturated rings. The van der Waals surface area contributed by atoms with Gasteiger partial charge in [-0.25, -0.2) is 0 Å². The van der Waals surface area contributed by atoms with Crippen molar-refractivity contribution in [1.82, 2.24) is 4.90 Å². The molecule has 0 aliphatic carbocycles. The summed E-state index contributed by atoms with van der Waals surface area (Å²) in [5.41, 5.74) is 0. The number of hydrogen-bond acceptors (Lipinski definition) is 3. The highest BCUT2D eigenvalue weighted by Gasteiger charge is 2.50. The summed E-state index contributed by atoms with van der Waals surface area (Å²) in [5, 5.41) is 9.84. The van der Waals surface area contributed by atoms with Crippen molar-refractivity contribution < 1.29 is 14.6 Å². The third-order valence-electron chi connectivity index (χ3n) is 3.98. The molecule has 2 rings (SSSR count). The second-order valence-electron chi connectivity index (χ2n) is 5.07. The molecule has 4 atom stereocenters. The highest BCUT2D eigenvalue weighted by Crippen LogP contribution is 2.37. The van der Waals surface area contributed by atoms with Crippen LogP contribution in [-0.4, -0.2) is 47.1 Å². The SMILES string of the molecule is C=C(CC(Cl)C1C(=O)N2CCCCC2C1O)OC. The third kappa shape index (κ3) is 2.36. The minimum atomic E-state index is -0.662. The first-order valence-electron chi connectivity index (χ1n) is 6.40. The van der Waals surface area contributed by atoms with Crippen molar-refractivity contribution in [3.05, 3.63) is 12.3 Å². The molecular formula is C13H20ClNO3. The highest BCUT2D eigenvalue weighted by molar-refractivity contribution is 6.22. The van der Waals surface area contributed by atoms with Gasteiger partial charge < -0.3 is 14.7 Å². The van der Waals surface area contributed by atoms with Gasteiger partial charge in [-0.3, -0.25) is 4.79 Å². The molecule has 102 valence electrons. The Bertz CT molecular complexity index is 347. The molecular weight excluding hydrogens is 254 g/mol. The Kier molecular flexibility index (Phi) is 4.17. The number of piperidine rings is 1. The van der Waals surface area contributed by atoms with Gasteiger partial charge in [0, 0.05) is 13.0 Å². The fourth-order valence-corrected chi connectivity index (χ4v) is 3.39. The minimum absolute atomic E-state index is 0.0175. The topological polar surface area (TPSA) is 49.8 Å². The Labute approximate surface area is 113 Å². The van der Waals surface area contributed by atoms with E-state index in [0.29, 0.717) is 12.2 Å². The second-order valence-corrected chi connectivity index (χ2v) is 5.63. The molecule has 5 heteroatoms. The summed E-state index contributed by atoms with van der Waals surface area (Å²) in [4.78, 5) is 14.1. The van der Waals surface area contributed by atoms with Crippen molar-refractivity contribution in [2.75, 3.05) is 13.7 Å². The molecule has 4 nitrogen and oxygen atoms in total. The van der Waals surface area contributed by atoms with Gasteiger partial charge in [-0.15, -0.1) is 11.6 Å². The number of amides is 1. The van der Waals surface area contributed by atoms with Crippen LogP contribution in [0.25, 0.3) is 0 Å². The van der Waals surface area contributed by atoms with Crippen LogP contribution in [0.5, 0.6) is 0 Å². The predicted octanol–water partition coefficient (Wildman–Crippen LogP) is 1.52. The van der Waals surface area contributed by atoms with Gasteiger partial charge in [0.1, 0.15) is 0 Å². The summed E-state index contributed by atoms with van der Waals surface area (Å²) in [6.07, 6.45) is 2.68. The Morgan fingerprint density at radius 3 is 3.00 bits per heavy atom. The monoisotopic (exact) mass is 273 g/mol. The number of fused-ring (bicyclic) bond motifs is 1. The number of carbonyl (C=O) groups is 1. The third-order valence-corrected chi connectivity index (χ3v) is 4.41. The van der Waals surface area contributed by atoms with Crippen LogP contribution < -0.4 is 0 Å². The molecule has 2 saturated heterocycles. The van der Waals surface area contributed by atoms with Gasteiger partial charge >= 0.3 is 0 Å². The van der Waals surface area contributed by atoms with Crippen molar-refractivity contribution in [2.45, 2.75) is 43.2 Å². The molecule has 1 amide bonds. The van der Waals surface area contributed by atoms with Crippen molar-refractivity contribution >= 4 is 17.5 Å². The summed E-state index contributed by atoms with van der Waals surface area (Å²) >= 11 is 6.27. The lowest BCUT2D eigenvalue weighted by molar-refractivity contribution is -0.132. The van der Waals surface area contributed by atoms with Crippen molar-refractivity contribution in [3.8, 4) is 0 Å². The maximum Gasteiger partial charge on any atom is 0.230 e. The Morgan fingerprint density at radius 2 is 2.39 bits per heavy atom. The van der Waals surface area contributed by atoms with E-state index in [1.807, 2.05) is 0 Å². The number of allylic oxidation sites excluding steroid dienone is 1. The highest BCUT2D eigenvalue weighted by atomic mass is 35.5. The van der Waals surface area contributed by atoms with E-state index in [9.17, 15) is 9.90 Å². The first-order chi connectivity index (χ1) is 8.56. The first-order valence-corrected chi connectivity index (χ1v) is 6.84. The average Bonchev–Trinajstić information content (AvgIpc) is 2.62. The molecule has 18 heavy (non-hydrogen) atoms. The number of methoxy groups -OCH3 is 1. The standard InChI is InChI=1S/C13H20ClNO3/c1-8(18-2)7-9(14)11-12(16)10-5-3-4-6-15(10)13(11)17/h9-12,16H,1,3-7H2,2H3. The number of ether oxygens (including phenoxy) is 1. The maximum absolute atomic E-state index is 12.3. The number of hydrogen-bond donors (Lipinski definition) is 1. The average molecular weight is 274 g/mol. The van der Waals surface area contributed by atoms with Gasteiger partial charge in [0.15, 0.2) is 0 Å². The zero-order valence-electron chi connectivity index (χ0n) is 10.6. The van der Waals surface area contributed by atoms with E-state index in [1.165, 1.54) is 7.11 Å².